The molecular formula is C16H13F6NO2. The van der Waals surface area contributed by atoms with Crippen LogP contribution in [0.1, 0.15) is 5.56 Å². The van der Waals surface area contributed by atoms with Gasteiger partial charge in [0.15, 0.2) is 11.5 Å². The average Bonchev–Trinajstić information content (AvgIpc) is 2.52. The minimum atomic E-state index is -4.97. The van der Waals surface area contributed by atoms with Gasteiger partial charge in [-0.15, -0.1) is 13.2 Å². The molecule has 0 unspecified atom stereocenters. The maximum atomic E-state index is 13.1. The number of alkyl halides is 6. The van der Waals surface area contributed by atoms with Gasteiger partial charge in [-0.25, -0.2) is 0 Å². The molecule has 2 N–H and O–H groups in total. The maximum absolute atomic E-state index is 13.1. The SMILES string of the molecule is NCCOc1cc(-c2ccccc2C(F)(F)F)ccc1OC(F)(F)F. The standard InChI is InChI=1S/C16H13F6NO2/c17-15(18,19)12-4-2-1-3-11(12)10-5-6-13(25-16(20,21)22)14(9-10)24-8-7-23/h1-6,9H,7-8,23H2. The van der Waals surface area contributed by atoms with Gasteiger partial charge in [-0.05, 0) is 29.3 Å². The van der Waals surface area contributed by atoms with Crippen LogP contribution in [0.3, 0.4) is 0 Å². The summed E-state index contributed by atoms with van der Waals surface area (Å²) in [6, 6.07) is 7.78. The summed E-state index contributed by atoms with van der Waals surface area (Å²) in [4.78, 5) is 0. The van der Waals surface area contributed by atoms with E-state index in [0.29, 0.717) is 0 Å². The molecule has 0 aromatic heterocycles. The third-order valence-corrected chi connectivity index (χ3v) is 3.09. The van der Waals surface area contributed by atoms with E-state index in [1.165, 1.54) is 18.2 Å². The second kappa shape index (κ2) is 7.22. The van der Waals surface area contributed by atoms with Gasteiger partial charge < -0.3 is 15.2 Å². The lowest BCUT2D eigenvalue weighted by Gasteiger charge is -2.17. The number of nitrogens with two attached hydrogens (primary N) is 1. The largest absolute Gasteiger partial charge is 0.573 e. The van der Waals surface area contributed by atoms with Gasteiger partial charge in [0.05, 0.1) is 5.56 Å². The average molecular weight is 365 g/mol. The zero-order valence-corrected chi connectivity index (χ0v) is 12.6. The molecule has 0 saturated heterocycles. The van der Waals surface area contributed by atoms with E-state index in [4.69, 9.17) is 10.5 Å². The Hall–Kier alpha value is -2.42. The lowest BCUT2D eigenvalue weighted by atomic mass is 9.99. The van der Waals surface area contributed by atoms with Crippen molar-refractivity contribution in [2.75, 3.05) is 13.2 Å². The molecule has 0 atom stereocenters. The van der Waals surface area contributed by atoms with Gasteiger partial charge in [-0.1, -0.05) is 24.3 Å². The summed E-state index contributed by atoms with van der Waals surface area (Å²) < 4.78 is 85.6. The molecule has 0 heterocycles. The molecule has 0 aliphatic heterocycles. The van der Waals surface area contributed by atoms with Crippen molar-refractivity contribution in [2.24, 2.45) is 5.73 Å². The summed E-state index contributed by atoms with van der Waals surface area (Å²) in [6.07, 6.45) is -9.58. The van der Waals surface area contributed by atoms with E-state index in [1.54, 1.807) is 0 Å². The van der Waals surface area contributed by atoms with Crippen molar-refractivity contribution in [1.29, 1.82) is 0 Å². The summed E-state index contributed by atoms with van der Waals surface area (Å²) in [7, 11) is 0. The molecule has 0 aliphatic rings. The van der Waals surface area contributed by atoms with Crippen molar-refractivity contribution in [3.63, 3.8) is 0 Å². The Bertz CT molecular complexity index is 727. The van der Waals surface area contributed by atoms with Crippen LogP contribution < -0.4 is 15.2 Å². The molecule has 3 nitrogen and oxygen atoms in total. The van der Waals surface area contributed by atoms with Crippen molar-refractivity contribution in [2.45, 2.75) is 12.5 Å². The quantitative estimate of drug-likeness (QED) is 0.787. The minimum Gasteiger partial charge on any atom is -0.488 e. The van der Waals surface area contributed by atoms with Crippen LogP contribution in [-0.2, 0) is 6.18 Å². The first-order valence-electron chi connectivity index (χ1n) is 7.01. The highest BCUT2D eigenvalue weighted by Crippen LogP contribution is 2.40. The summed E-state index contributed by atoms with van der Waals surface area (Å²) in [5, 5.41) is 0. The van der Waals surface area contributed by atoms with E-state index >= 15 is 0 Å². The van der Waals surface area contributed by atoms with Gasteiger partial charge in [-0.2, -0.15) is 13.2 Å². The number of hydrogen-bond acceptors (Lipinski definition) is 3. The topological polar surface area (TPSA) is 44.5 Å². The Balaban J connectivity index is 2.50. The predicted molar refractivity (Wildman–Crippen MR) is 78.1 cm³/mol. The van der Waals surface area contributed by atoms with E-state index < -0.39 is 23.9 Å². The highest BCUT2D eigenvalue weighted by Gasteiger charge is 2.34. The first-order valence-corrected chi connectivity index (χ1v) is 7.01. The molecule has 0 aliphatic carbocycles. The first-order chi connectivity index (χ1) is 11.6. The predicted octanol–water partition coefficient (Wildman–Crippen LogP) is 4.61. The van der Waals surface area contributed by atoms with E-state index in [2.05, 4.69) is 4.74 Å². The smallest absolute Gasteiger partial charge is 0.488 e. The van der Waals surface area contributed by atoms with Gasteiger partial charge in [-0.3, -0.25) is 0 Å². The van der Waals surface area contributed by atoms with Crippen molar-refractivity contribution < 1.29 is 35.8 Å². The third-order valence-electron chi connectivity index (χ3n) is 3.09. The van der Waals surface area contributed by atoms with Crippen LogP contribution in [-0.4, -0.2) is 19.5 Å². The third kappa shape index (κ3) is 5.02. The van der Waals surface area contributed by atoms with Gasteiger partial charge >= 0.3 is 12.5 Å². The first kappa shape index (κ1) is 18.9. The Kier molecular flexibility index (Phi) is 5.46. The number of hydrogen-bond donors (Lipinski definition) is 1. The van der Waals surface area contributed by atoms with Gasteiger partial charge in [0.2, 0.25) is 0 Å². The zero-order chi connectivity index (χ0) is 18.7. The number of benzene rings is 2. The normalized spacial score (nSPS) is 12.1. The second-order valence-electron chi connectivity index (χ2n) is 4.89. The van der Waals surface area contributed by atoms with Crippen molar-refractivity contribution in [3.05, 3.63) is 48.0 Å². The Morgan fingerprint density at radius 2 is 1.56 bits per heavy atom. The summed E-state index contributed by atoms with van der Waals surface area (Å²) in [5.41, 5.74) is 4.18. The fourth-order valence-corrected chi connectivity index (χ4v) is 2.15. The van der Waals surface area contributed by atoms with Crippen LogP contribution in [0, 0.1) is 0 Å². The lowest BCUT2D eigenvalue weighted by Crippen LogP contribution is -2.18. The van der Waals surface area contributed by atoms with Gasteiger partial charge in [0.1, 0.15) is 6.61 Å². The van der Waals surface area contributed by atoms with Crippen LogP contribution in [0.15, 0.2) is 42.5 Å². The monoisotopic (exact) mass is 365 g/mol. The fourth-order valence-electron chi connectivity index (χ4n) is 2.15. The number of halogens is 6. The molecule has 0 radical (unpaired) electrons. The van der Waals surface area contributed by atoms with Crippen molar-refractivity contribution in [1.82, 2.24) is 0 Å². The molecule has 2 aromatic rings. The highest BCUT2D eigenvalue weighted by molar-refractivity contribution is 5.71. The molecule has 2 rings (SSSR count). The summed E-state index contributed by atoms with van der Waals surface area (Å²) in [6.45, 7) is -0.118. The number of ether oxygens (including phenoxy) is 2. The Morgan fingerprint density at radius 1 is 0.880 bits per heavy atom. The van der Waals surface area contributed by atoms with Crippen LogP contribution in [0.4, 0.5) is 26.3 Å². The maximum Gasteiger partial charge on any atom is 0.573 e. The van der Waals surface area contributed by atoms with Crippen LogP contribution in [0.5, 0.6) is 11.5 Å². The molecule has 136 valence electrons. The Labute approximate surface area is 139 Å². The molecule has 0 spiro atoms. The van der Waals surface area contributed by atoms with E-state index in [9.17, 15) is 26.3 Å². The van der Waals surface area contributed by atoms with E-state index in [1.807, 2.05) is 0 Å². The zero-order valence-electron chi connectivity index (χ0n) is 12.6. The second-order valence-corrected chi connectivity index (χ2v) is 4.89. The lowest BCUT2D eigenvalue weighted by molar-refractivity contribution is -0.275. The van der Waals surface area contributed by atoms with Gasteiger partial charge in [0, 0.05) is 6.54 Å². The summed E-state index contributed by atoms with van der Waals surface area (Å²) >= 11 is 0. The van der Waals surface area contributed by atoms with Crippen LogP contribution in [0.25, 0.3) is 11.1 Å². The molecule has 0 saturated carbocycles. The van der Waals surface area contributed by atoms with Gasteiger partial charge in [0.25, 0.3) is 0 Å². The number of rotatable bonds is 5. The fraction of sp³-hybridized carbons (Fsp3) is 0.250. The molecular weight excluding hydrogens is 352 g/mol. The molecule has 25 heavy (non-hydrogen) atoms. The molecule has 0 fully saturated rings. The minimum absolute atomic E-state index is 0.00875. The molecule has 0 bridgehead atoms. The highest BCUT2D eigenvalue weighted by atomic mass is 19.4. The van der Waals surface area contributed by atoms with E-state index in [0.717, 1.165) is 24.3 Å². The van der Waals surface area contributed by atoms with E-state index in [-0.39, 0.29) is 30.0 Å². The van der Waals surface area contributed by atoms with Crippen molar-refractivity contribution in [3.8, 4) is 22.6 Å². The van der Waals surface area contributed by atoms with Crippen LogP contribution >= 0.6 is 0 Å². The van der Waals surface area contributed by atoms with Crippen LogP contribution in [0.2, 0.25) is 0 Å². The summed E-state index contributed by atoms with van der Waals surface area (Å²) in [5.74, 6) is -1.01. The Morgan fingerprint density at radius 3 is 2.16 bits per heavy atom. The molecule has 2 aromatic carbocycles. The molecule has 0 amide bonds. The van der Waals surface area contributed by atoms with Crippen molar-refractivity contribution >= 4 is 0 Å². The molecule has 9 heteroatoms.